The van der Waals surface area contributed by atoms with Gasteiger partial charge in [-0.1, -0.05) is 0 Å². The summed E-state index contributed by atoms with van der Waals surface area (Å²) in [5.74, 6) is 0.934. The molecule has 2 aromatic rings. The lowest BCUT2D eigenvalue weighted by atomic mass is 10.2. The Morgan fingerprint density at radius 1 is 1.30 bits per heavy atom. The van der Waals surface area contributed by atoms with Gasteiger partial charge in [-0.25, -0.2) is 4.98 Å². The molecule has 2 aliphatic rings. The first kappa shape index (κ1) is 14.2. The zero-order valence-electron chi connectivity index (χ0n) is 13.1. The fourth-order valence-corrected chi connectivity index (χ4v) is 3.13. The molecule has 0 spiro atoms. The van der Waals surface area contributed by atoms with Crippen molar-refractivity contribution in [1.82, 2.24) is 19.7 Å². The van der Waals surface area contributed by atoms with Crippen LogP contribution in [0.2, 0.25) is 0 Å². The molecule has 1 saturated heterocycles. The molecular formula is C17H21N5O. The molecule has 2 fully saturated rings. The third-order valence-electron chi connectivity index (χ3n) is 4.53. The van der Waals surface area contributed by atoms with Gasteiger partial charge < -0.3 is 10.2 Å². The first-order valence-electron chi connectivity index (χ1n) is 8.30. The summed E-state index contributed by atoms with van der Waals surface area (Å²) in [5, 5.41) is 7.59. The van der Waals surface area contributed by atoms with E-state index in [9.17, 15) is 4.79 Å². The molecule has 6 heteroatoms. The number of carbonyl (C=O) groups excluding carboxylic acids is 1. The van der Waals surface area contributed by atoms with E-state index < -0.39 is 0 Å². The monoisotopic (exact) mass is 311 g/mol. The fraction of sp³-hybridized carbons (Fsp3) is 0.471. The molecule has 0 bridgehead atoms. The molecule has 1 aliphatic carbocycles. The van der Waals surface area contributed by atoms with Crippen LogP contribution in [0.25, 0.3) is 0 Å². The molecule has 3 heterocycles. The maximum absolute atomic E-state index is 12.8. The Morgan fingerprint density at radius 3 is 2.91 bits per heavy atom. The van der Waals surface area contributed by atoms with E-state index in [1.54, 1.807) is 12.4 Å². The van der Waals surface area contributed by atoms with Gasteiger partial charge >= 0.3 is 0 Å². The van der Waals surface area contributed by atoms with Crippen molar-refractivity contribution in [3.05, 3.63) is 42.4 Å². The number of nitrogens with one attached hydrogen (secondary N) is 1. The smallest absolute Gasteiger partial charge is 0.255 e. The lowest BCUT2D eigenvalue weighted by Gasteiger charge is -2.24. The van der Waals surface area contributed by atoms with Gasteiger partial charge in [0.15, 0.2) is 0 Å². The highest BCUT2D eigenvalue weighted by Gasteiger charge is 2.30. The summed E-state index contributed by atoms with van der Waals surface area (Å²) in [6, 6.07) is 6.48. The molecule has 1 atom stereocenters. The summed E-state index contributed by atoms with van der Waals surface area (Å²) in [6.07, 6.45) is 9.91. The Hall–Kier alpha value is -2.37. The predicted molar refractivity (Wildman–Crippen MR) is 87.2 cm³/mol. The van der Waals surface area contributed by atoms with E-state index in [-0.39, 0.29) is 11.9 Å². The van der Waals surface area contributed by atoms with E-state index >= 15 is 0 Å². The molecule has 1 saturated carbocycles. The Labute approximate surface area is 135 Å². The summed E-state index contributed by atoms with van der Waals surface area (Å²) in [4.78, 5) is 19.1. The van der Waals surface area contributed by atoms with Crippen molar-refractivity contribution in [2.45, 2.75) is 44.3 Å². The summed E-state index contributed by atoms with van der Waals surface area (Å²) < 4.78 is 1.90. The van der Waals surface area contributed by atoms with Crippen LogP contribution in [0.4, 0.5) is 5.82 Å². The summed E-state index contributed by atoms with van der Waals surface area (Å²) in [7, 11) is 0. The second-order valence-corrected chi connectivity index (χ2v) is 6.37. The number of nitrogens with zero attached hydrogens (tertiary/aromatic N) is 4. The van der Waals surface area contributed by atoms with Crippen LogP contribution in [0.1, 0.15) is 36.0 Å². The Balaban J connectivity index is 1.44. The Morgan fingerprint density at radius 2 is 2.22 bits per heavy atom. The number of rotatable bonds is 5. The third-order valence-corrected chi connectivity index (χ3v) is 4.53. The van der Waals surface area contributed by atoms with E-state index in [1.807, 2.05) is 34.0 Å². The van der Waals surface area contributed by atoms with Crippen LogP contribution in [0.3, 0.4) is 0 Å². The summed E-state index contributed by atoms with van der Waals surface area (Å²) in [5.41, 5.74) is 0.665. The van der Waals surface area contributed by atoms with Crippen molar-refractivity contribution < 1.29 is 4.79 Å². The minimum Gasteiger partial charge on any atom is -0.367 e. The zero-order chi connectivity index (χ0) is 15.6. The topological polar surface area (TPSA) is 63.1 Å². The van der Waals surface area contributed by atoms with Gasteiger partial charge in [-0.15, -0.1) is 0 Å². The fourth-order valence-electron chi connectivity index (χ4n) is 3.13. The Bertz CT molecular complexity index is 663. The average molecular weight is 311 g/mol. The normalized spacial score (nSPS) is 20.7. The van der Waals surface area contributed by atoms with Crippen molar-refractivity contribution >= 4 is 11.7 Å². The lowest BCUT2D eigenvalue weighted by Crippen LogP contribution is -2.38. The van der Waals surface area contributed by atoms with Gasteiger partial charge in [-0.3, -0.25) is 9.48 Å². The van der Waals surface area contributed by atoms with Gasteiger partial charge in [0.05, 0.1) is 18.2 Å². The second kappa shape index (κ2) is 6.02. The molecule has 120 valence electrons. The Kier molecular flexibility index (Phi) is 3.73. The van der Waals surface area contributed by atoms with Crippen LogP contribution in [0, 0.1) is 0 Å². The molecule has 23 heavy (non-hydrogen) atoms. The van der Waals surface area contributed by atoms with Crippen molar-refractivity contribution in [2.24, 2.45) is 0 Å². The van der Waals surface area contributed by atoms with Crippen LogP contribution < -0.4 is 5.32 Å². The molecule has 1 N–H and O–H groups in total. The van der Waals surface area contributed by atoms with Crippen LogP contribution in [0.15, 0.2) is 36.8 Å². The number of hydrogen-bond acceptors (Lipinski definition) is 4. The number of pyridine rings is 1. The molecule has 2 aromatic heterocycles. The van der Waals surface area contributed by atoms with Gasteiger partial charge in [0.25, 0.3) is 5.91 Å². The molecule has 0 radical (unpaired) electrons. The van der Waals surface area contributed by atoms with Crippen LogP contribution in [-0.2, 0) is 6.54 Å². The van der Waals surface area contributed by atoms with Crippen LogP contribution >= 0.6 is 0 Å². The quantitative estimate of drug-likeness (QED) is 0.919. The average Bonchev–Trinajstić information content (AvgIpc) is 3.05. The number of carbonyl (C=O) groups is 1. The van der Waals surface area contributed by atoms with E-state index in [2.05, 4.69) is 15.4 Å². The standard InChI is InChI=1S/C17H21N5O/c23-17(13-4-7-16(18-11-13)20-14-5-6-14)22-10-1-3-15(22)12-21-9-2-8-19-21/h2,4,7-9,11,14-15H,1,3,5-6,10,12H2,(H,18,20)/t15-/m1/s1. The van der Waals surface area contributed by atoms with Crippen LogP contribution in [0.5, 0.6) is 0 Å². The maximum atomic E-state index is 12.8. The number of likely N-dealkylation sites (tertiary alicyclic amines) is 1. The summed E-state index contributed by atoms with van der Waals surface area (Å²) in [6.45, 7) is 1.57. The number of amides is 1. The van der Waals surface area contributed by atoms with E-state index in [0.717, 1.165) is 31.7 Å². The molecule has 6 nitrogen and oxygen atoms in total. The summed E-state index contributed by atoms with van der Waals surface area (Å²) >= 11 is 0. The van der Waals surface area contributed by atoms with Crippen LogP contribution in [-0.4, -0.2) is 44.2 Å². The molecule has 4 rings (SSSR count). The first-order chi connectivity index (χ1) is 11.3. The second-order valence-electron chi connectivity index (χ2n) is 6.37. The molecule has 0 unspecified atom stereocenters. The molecule has 1 aliphatic heterocycles. The number of anilines is 1. The third kappa shape index (κ3) is 3.21. The van der Waals surface area contributed by atoms with Crippen molar-refractivity contribution in [1.29, 1.82) is 0 Å². The van der Waals surface area contributed by atoms with Gasteiger partial charge in [0.2, 0.25) is 0 Å². The van der Waals surface area contributed by atoms with Gasteiger partial charge in [-0.2, -0.15) is 5.10 Å². The zero-order valence-corrected chi connectivity index (χ0v) is 13.1. The van der Waals surface area contributed by atoms with Crippen molar-refractivity contribution in [2.75, 3.05) is 11.9 Å². The van der Waals surface area contributed by atoms with E-state index in [1.165, 1.54) is 12.8 Å². The molecule has 0 aromatic carbocycles. The van der Waals surface area contributed by atoms with Gasteiger partial charge in [-0.05, 0) is 43.9 Å². The highest BCUT2D eigenvalue weighted by atomic mass is 16.2. The number of hydrogen-bond donors (Lipinski definition) is 1. The van der Waals surface area contributed by atoms with E-state index in [4.69, 9.17) is 0 Å². The highest BCUT2D eigenvalue weighted by molar-refractivity contribution is 5.94. The highest BCUT2D eigenvalue weighted by Crippen LogP contribution is 2.24. The van der Waals surface area contributed by atoms with Crippen molar-refractivity contribution in [3.63, 3.8) is 0 Å². The van der Waals surface area contributed by atoms with E-state index in [0.29, 0.717) is 11.6 Å². The number of aromatic nitrogens is 3. The van der Waals surface area contributed by atoms with Gasteiger partial charge in [0, 0.05) is 31.2 Å². The van der Waals surface area contributed by atoms with Gasteiger partial charge in [0.1, 0.15) is 5.82 Å². The predicted octanol–water partition coefficient (Wildman–Crippen LogP) is 2.16. The first-order valence-corrected chi connectivity index (χ1v) is 8.30. The lowest BCUT2D eigenvalue weighted by molar-refractivity contribution is 0.0721. The molecule has 1 amide bonds. The van der Waals surface area contributed by atoms with Crippen molar-refractivity contribution in [3.8, 4) is 0 Å². The largest absolute Gasteiger partial charge is 0.367 e. The molecular weight excluding hydrogens is 290 g/mol. The minimum absolute atomic E-state index is 0.0742. The minimum atomic E-state index is 0.0742. The SMILES string of the molecule is O=C(c1ccc(NC2CC2)nc1)N1CCC[C@@H]1Cn1cccn1. The maximum Gasteiger partial charge on any atom is 0.255 e.